The monoisotopic (exact) mass is 189 g/mol. The van der Waals surface area contributed by atoms with Crippen molar-refractivity contribution in [2.75, 3.05) is 6.61 Å². The van der Waals surface area contributed by atoms with Crippen LogP contribution in [0.25, 0.3) is 0 Å². The van der Waals surface area contributed by atoms with Crippen molar-refractivity contribution < 1.29 is 13.9 Å². The van der Waals surface area contributed by atoms with E-state index in [0.29, 0.717) is 0 Å². The summed E-state index contributed by atoms with van der Waals surface area (Å²) < 4.78 is 18.0. The molecule has 0 saturated carbocycles. The first-order valence-electron chi connectivity index (χ1n) is 4.27. The molecule has 0 aromatic rings. The second-order valence-electron chi connectivity index (χ2n) is 2.90. The minimum Gasteiger partial charge on any atom is -0.463 e. The molecule has 0 spiro atoms. The van der Waals surface area contributed by atoms with E-state index in [2.05, 4.69) is 4.74 Å². The second kappa shape index (κ2) is 4.84. The van der Waals surface area contributed by atoms with Gasteiger partial charge in [0.25, 0.3) is 0 Å². The van der Waals surface area contributed by atoms with Crippen molar-refractivity contribution in [1.82, 2.24) is 0 Å². The fourth-order valence-corrected chi connectivity index (χ4v) is 0.665. The summed E-state index contributed by atoms with van der Waals surface area (Å²) in [6, 6.07) is 0. The lowest BCUT2D eigenvalue weighted by atomic mass is 10.0. The molecule has 0 amide bonds. The number of rotatable bonds is 4. The van der Waals surface area contributed by atoms with Gasteiger partial charge in [-0.3, -0.25) is 0 Å². The highest BCUT2D eigenvalue weighted by atomic mass is 19.1. The number of hydrogen-bond donors (Lipinski definition) is 1. The van der Waals surface area contributed by atoms with E-state index in [-0.39, 0.29) is 18.7 Å². The van der Waals surface area contributed by atoms with Crippen molar-refractivity contribution in [3.8, 4) is 0 Å². The largest absolute Gasteiger partial charge is 0.463 e. The quantitative estimate of drug-likeness (QED) is 0.539. The average Bonchev–Trinajstić information content (AvgIpc) is 2.04. The zero-order valence-corrected chi connectivity index (χ0v) is 8.26. The number of carbonyl (C=O) groups is 1. The number of nitrogens with two attached hydrogens (primary N) is 1. The van der Waals surface area contributed by atoms with Gasteiger partial charge in [0.2, 0.25) is 0 Å². The van der Waals surface area contributed by atoms with E-state index in [0.717, 1.165) is 6.08 Å². The van der Waals surface area contributed by atoms with Gasteiger partial charge >= 0.3 is 5.97 Å². The lowest BCUT2D eigenvalue weighted by Gasteiger charge is -2.18. The summed E-state index contributed by atoms with van der Waals surface area (Å²) in [5.74, 6) is -0.600. The van der Waals surface area contributed by atoms with Crippen LogP contribution in [0.4, 0.5) is 4.39 Å². The van der Waals surface area contributed by atoms with Crippen LogP contribution < -0.4 is 5.73 Å². The number of halogens is 1. The van der Waals surface area contributed by atoms with E-state index in [4.69, 9.17) is 5.73 Å². The molecule has 1 atom stereocenters. The van der Waals surface area contributed by atoms with Crippen molar-refractivity contribution in [2.24, 2.45) is 5.73 Å². The van der Waals surface area contributed by atoms with Crippen molar-refractivity contribution in [2.45, 2.75) is 32.9 Å². The van der Waals surface area contributed by atoms with Gasteiger partial charge in [-0.15, -0.1) is 0 Å². The van der Waals surface area contributed by atoms with Gasteiger partial charge in [-0.05, 0) is 20.3 Å². The zero-order valence-electron chi connectivity index (χ0n) is 8.26. The van der Waals surface area contributed by atoms with Gasteiger partial charge in [0, 0.05) is 6.08 Å². The maximum Gasteiger partial charge on any atom is 0.332 e. The minimum atomic E-state index is -1.63. The van der Waals surface area contributed by atoms with Crippen LogP contribution in [0.5, 0.6) is 0 Å². The summed E-state index contributed by atoms with van der Waals surface area (Å²) in [6.07, 6.45) is 1.22. The van der Waals surface area contributed by atoms with E-state index in [1.54, 1.807) is 13.8 Å². The van der Waals surface area contributed by atoms with E-state index in [9.17, 15) is 9.18 Å². The maximum atomic E-state index is 13.4. The molecule has 2 N–H and O–H groups in total. The van der Waals surface area contributed by atoms with Crippen LogP contribution in [-0.2, 0) is 9.53 Å². The fraction of sp³-hybridized carbons (Fsp3) is 0.667. The predicted molar refractivity (Wildman–Crippen MR) is 48.7 cm³/mol. The highest BCUT2D eigenvalue weighted by molar-refractivity contribution is 5.82. The maximum absolute atomic E-state index is 13.4. The zero-order chi connectivity index (χ0) is 10.5. The smallest absolute Gasteiger partial charge is 0.332 e. The minimum absolute atomic E-state index is 0.0894. The van der Waals surface area contributed by atoms with Crippen LogP contribution in [0.3, 0.4) is 0 Å². The van der Waals surface area contributed by atoms with Gasteiger partial charge in [-0.2, -0.15) is 0 Å². The molecule has 0 saturated heterocycles. The third-order valence-corrected chi connectivity index (χ3v) is 1.83. The number of carbonyl (C=O) groups excluding carboxylic acids is 1. The summed E-state index contributed by atoms with van der Waals surface area (Å²) >= 11 is 0. The Morgan fingerprint density at radius 3 is 2.54 bits per heavy atom. The van der Waals surface area contributed by atoms with Gasteiger partial charge in [-0.1, -0.05) is 6.92 Å². The molecule has 3 nitrogen and oxygen atoms in total. The molecule has 0 rings (SSSR count). The van der Waals surface area contributed by atoms with Crippen LogP contribution in [0, 0.1) is 0 Å². The molecule has 13 heavy (non-hydrogen) atoms. The second-order valence-corrected chi connectivity index (χ2v) is 2.90. The number of hydrogen-bond acceptors (Lipinski definition) is 3. The molecule has 0 heterocycles. The molecule has 0 radical (unpaired) electrons. The standard InChI is InChI=1S/C9H16FNO2/c1-4-9(3,10)7(11)6-8(12)13-5-2/h6H,4-5,11H2,1-3H3. The van der Waals surface area contributed by atoms with Crippen molar-refractivity contribution in [1.29, 1.82) is 0 Å². The number of ether oxygens (including phenoxy) is 1. The van der Waals surface area contributed by atoms with Crippen molar-refractivity contribution >= 4 is 5.97 Å². The molecule has 0 aliphatic carbocycles. The Hall–Kier alpha value is -1.06. The lowest BCUT2D eigenvalue weighted by Crippen LogP contribution is -2.27. The molecule has 0 aromatic heterocycles. The van der Waals surface area contributed by atoms with Gasteiger partial charge in [0.15, 0.2) is 0 Å². The molecule has 0 aliphatic heterocycles. The summed E-state index contributed by atoms with van der Waals surface area (Å²) in [5, 5.41) is 0. The normalized spacial score (nSPS) is 16.5. The van der Waals surface area contributed by atoms with Gasteiger partial charge in [0.1, 0.15) is 5.67 Å². The molecule has 0 aliphatic rings. The first-order valence-corrected chi connectivity index (χ1v) is 4.27. The van der Waals surface area contributed by atoms with Gasteiger partial charge < -0.3 is 10.5 Å². The van der Waals surface area contributed by atoms with Crippen LogP contribution in [0.2, 0.25) is 0 Å². The van der Waals surface area contributed by atoms with Crippen molar-refractivity contribution in [3.63, 3.8) is 0 Å². The molecule has 0 bridgehead atoms. The molecule has 0 fully saturated rings. The Balaban J connectivity index is 4.39. The molecule has 1 unspecified atom stereocenters. The SMILES string of the molecule is CCOC(=O)C=C(N)C(C)(F)CC. The Labute approximate surface area is 77.7 Å². The summed E-state index contributed by atoms with van der Waals surface area (Å²) in [5.41, 5.74) is 3.66. The molecule has 4 heteroatoms. The summed E-state index contributed by atoms with van der Waals surface area (Å²) in [4.78, 5) is 10.9. The van der Waals surface area contributed by atoms with E-state index < -0.39 is 11.6 Å². The molecular formula is C9H16FNO2. The van der Waals surface area contributed by atoms with Gasteiger partial charge in [0.05, 0.1) is 12.3 Å². The van der Waals surface area contributed by atoms with Crippen LogP contribution in [0.15, 0.2) is 11.8 Å². The first kappa shape index (κ1) is 11.9. The third-order valence-electron chi connectivity index (χ3n) is 1.83. The summed E-state index contributed by atoms with van der Waals surface area (Å²) in [7, 11) is 0. The summed E-state index contributed by atoms with van der Waals surface area (Å²) in [6.45, 7) is 4.93. The number of esters is 1. The number of allylic oxidation sites excluding steroid dienone is 1. The molecule has 0 aromatic carbocycles. The van der Waals surface area contributed by atoms with Crippen LogP contribution >= 0.6 is 0 Å². The molecular weight excluding hydrogens is 173 g/mol. The first-order chi connectivity index (χ1) is 5.94. The average molecular weight is 189 g/mol. The van der Waals surface area contributed by atoms with Gasteiger partial charge in [-0.25, -0.2) is 9.18 Å². The van der Waals surface area contributed by atoms with E-state index in [1.807, 2.05) is 0 Å². The third kappa shape index (κ3) is 3.92. The van der Waals surface area contributed by atoms with E-state index >= 15 is 0 Å². The topological polar surface area (TPSA) is 52.3 Å². The fourth-order valence-electron chi connectivity index (χ4n) is 0.665. The molecule has 76 valence electrons. The highest BCUT2D eigenvalue weighted by Gasteiger charge is 2.24. The van der Waals surface area contributed by atoms with Crippen LogP contribution in [0.1, 0.15) is 27.2 Å². The Kier molecular flexibility index (Phi) is 4.45. The predicted octanol–water partition coefficient (Wildman–Crippen LogP) is 1.53. The van der Waals surface area contributed by atoms with Crippen molar-refractivity contribution in [3.05, 3.63) is 11.8 Å². The Bertz CT molecular complexity index is 212. The van der Waals surface area contributed by atoms with Crippen LogP contribution in [-0.4, -0.2) is 18.2 Å². The number of alkyl halides is 1. The lowest BCUT2D eigenvalue weighted by molar-refractivity contribution is -0.137. The Morgan fingerprint density at radius 2 is 2.15 bits per heavy atom. The Morgan fingerprint density at radius 1 is 1.62 bits per heavy atom. The van der Waals surface area contributed by atoms with E-state index in [1.165, 1.54) is 6.92 Å². The highest BCUT2D eigenvalue weighted by Crippen LogP contribution is 2.20.